The number of hydrogen-bond donors (Lipinski definition) is 0. The number of nitrogens with zero attached hydrogens (tertiary/aromatic N) is 2. The molecule has 0 spiro atoms. The molecular weight excluding hydrogens is 283 g/mol. The van der Waals surface area contributed by atoms with Gasteiger partial charge in [-0.15, -0.1) is 0 Å². The van der Waals surface area contributed by atoms with Crippen molar-refractivity contribution in [3.63, 3.8) is 0 Å². The van der Waals surface area contributed by atoms with Crippen molar-refractivity contribution in [1.82, 2.24) is 9.78 Å². The monoisotopic (exact) mass is 292 g/mol. The first-order valence-corrected chi connectivity index (χ1v) is 5.07. The fraction of sp³-hybridized carbons (Fsp3) is 0.500. The van der Waals surface area contributed by atoms with Gasteiger partial charge in [-0.05, 0) is 41.5 Å². The number of carbonyl (C=O) groups is 1. The minimum absolute atomic E-state index is 0.188. The highest BCUT2D eigenvalue weighted by Gasteiger charge is 2.53. The van der Waals surface area contributed by atoms with E-state index in [-0.39, 0.29) is 5.97 Å². The van der Waals surface area contributed by atoms with Gasteiger partial charge in [-0.3, -0.25) is 4.68 Å². The Balaban J connectivity index is 2.30. The van der Waals surface area contributed by atoms with Gasteiger partial charge in [0.1, 0.15) is 3.70 Å². The highest BCUT2D eigenvalue weighted by Crippen LogP contribution is 2.44. The normalized spacial score (nSPS) is 18.3. The molecule has 0 saturated heterocycles. The van der Waals surface area contributed by atoms with Gasteiger partial charge in [0, 0.05) is 6.20 Å². The zero-order valence-corrected chi connectivity index (χ0v) is 9.32. The summed E-state index contributed by atoms with van der Waals surface area (Å²) in [4.78, 5) is 11.4. The van der Waals surface area contributed by atoms with Gasteiger partial charge >= 0.3 is 5.97 Å². The van der Waals surface area contributed by atoms with Crippen molar-refractivity contribution in [3.8, 4) is 0 Å². The summed E-state index contributed by atoms with van der Waals surface area (Å²) >= 11 is 2.12. The maximum absolute atomic E-state index is 11.4. The van der Waals surface area contributed by atoms with Crippen molar-refractivity contribution in [1.29, 1.82) is 0 Å². The lowest BCUT2D eigenvalue weighted by Crippen LogP contribution is -2.29. The summed E-state index contributed by atoms with van der Waals surface area (Å²) in [7, 11) is 1.41. The fourth-order valence-corrected chi connectivity index (χ4v) is 1.77. The number of hydrogen-bond acceptors (Lipinski definition) is 3. The third kappa shape index (κ3) is 1.34. The summed E-state index contributed by atoms with van der Waals surface area (Å²) < 4.78 is 7.34. The third-order valence-electron chi connectivity index (χ3n) is 2.28. The molecule has 13 heavy (non-hydrogen) atoms. The van der Waals surface area contributed by atoms with Crippen LogP contribution in [0, 0.1) is 3.70 Å². The first kappa shape index (κ1) is 8.98. The second kappa shape index (κ2) is 2.97. The van der Waals surface area contributed by atoms with E-state index < -0.39 is 5.54 Å². The van der Waals surface area contributed by atoms with Gasteiger partial charge in [0.05, 0.1) is 7.11 Å². The Hall–Kier alpha value is -0.590. The van der Waals surface area contributed by atoms with Crippen LogP contribution < -0.4 is 0 Å². The van der Waals surface area contributed by atoms with Crippen molar-refractivity contribution >= 4 is 28.6 Å². The molecule has 2 rings (SSSR count). The Bertz CT molecular complexity index is 344. The Kier molecular flexibility index (Phi) is 2.05. The van der Waals surface area contributed by atoms with E-state index in [0.29, 0.717) is 0 Å². The Morgan fingerprint density at radius 1 is 1.77 bits per heavy atom. The van der Waals surface area contributed by atoms with E-state index in [2.05, 4.69) is 27.7 Å². The Morgan fingerprint density at radius 3 is 2.85 bits per heavy atom. The number of esters is 1. The lowest BCUT2D eigenvalue weighted by atomic mass is 10.3. The van der Waals surface area contributed by atoms with Crippen molar-refractivity contribution in [3.05, 3.63) is 16.0 Å². The molecule has 1 saturated carbocycles. The maximum Gasteiger partial charge on any atom is 0.333 e. The molecular formula is C8H9IN2O2. The smallest absolute Gasteiger partial charge is 0.333 e. The van der Waals surface area contributed by atoms with E-state index in [0.717, 1.165) is 16.5 Å². The van der Waals surface area contributed by atoms with E-state index >= 15 is 0 Å². The quantitative estimate of drug-likeness (QED) is 0.606. The van der Waals surface area contributed by atoms with Crippen molar-refractivity contribution in [2.75, 3.05) is 7.11 Å². The Morgan fingerprint density at radius 2 is 2.46 bits per heavy atom. The molecule has 1 aromatic heterocycles. The van der Waals surface area contributed by atoms with E-state index in [4.69, 9.17) is 4.74 Å². The summed E-state index contributed by atoms with van der Waals surface area (Å²) in [6, 6.07) is 1.88. The summed E-state index contributed by atoms with van der Waals surface area (Å²) in [6.45, 7) is 0. The van der Waals surface area contributed by atoms with Gasteiger partial charge in [-0.1, -0.05) is 0 Å². The summed E-state index contributed by atoms with van der Waals surface area (Å²) in [6.07, 6.45) is 3.49. The minimum atomic E-state index is -0.488. The van der Waals surface area contributed by atoms with Crippen LogP contribution in [-0.2, 0) is 15.1 Å². The molecule has 0 N–H and O–H groups in total. The van der Waals surface area contributed by atoms with Crippen molar-refractivity contribution < 1.29 is 9.53 Å². The standard InChI is InChI=1S/C8H9IN2O2/c1-13-7(12)8(3-4-8)11-5-2-6(9)10-11/h2,5H,3-4H2,1H3. The lowest BCUT2D eigenvalue weighted by Gasteiger charge is -2.12. The van der Waals surface area contributed by atoms with Crippen LogP contribution >= 0.6 is 22.6 Å². The van der Waals surface area contributed by atoms with Crippen LogP contribution in [0.2, 0.25) is 0 Å². The van der Waals surface area contributed by atoms with Gasteiger partial charge in [0.25, 0.3) is 0 Å². The molecule has 0 aromatic carbocycles. The molecule has 4 nitrogen and oxygen atoms in total. The predicted octanol–water partition coefficient (Wildman–Crippen LogP) is 1.15. The van der Waals surface area contributed by atoms with Crippen molar-refractivity contribution in [2.24, 2.45) is 0 Å². The van der Waals surface area contributed by atoms with Crippen LogP contribution in [0.15, 0.2) is 12.3 Å². The second-order valence-corrected chi connectivity index (χ2v) is 4.21. The zero-order valence-electron chi connectivity index (χ0n) is 7.16. The van der Waals surface area contributed by atoms with Crippen LogP contribution in [-0.4, -0.2) is 22.9 Å². The van der Waals surface area contributed by atoms with Crippen molar-refractivity contribution in [2.45, 2.75) is 18.4 Å². The molecule has 1 fully saturated rings. The highest BCUT2D eigenvalue weighted by atomic mass is 127. The molecule has 1 aliphatic carbocycles. The second-order valence-electron chi connectivity index (χ2n) is 3.11. The third-order valence-corrected chi connectivity index (χ3v) is 2.86. The minimum Gasteiger partial charge on any atom is -0.467 e. The lowest BCUT2D eigenvalue weighted by molar-refractivity contribution is -0.146. The number of carbonyl (C=O) groups excluding carboxylic acids is 1. The number of rotatable bonds is 2. The molecule has 0 atom stereocenters. The van der Waals surface area contributed by atoms with E-state index in [1.165, 1.54) is 7.11 Å². The summed E-state index contributed by atoms with van der Waals surface area (Å²) in [5.41, 5.74) is -0.488. The molecule has 0 aliphatic heterocycles. The van der Waals surface area contributed by atoms with E-state index in [9.17, 15) is 4.79 Å². The van der Waals surface area contributed by atoms with Crippen LogP contribution in [0.25, 0.3) is 0 Å². The van der Waals surface area contributed by atoms with Crippen LogP contribution in [0.4, 0.5) is 0 Å². The molecule has 5 heteroatoms. The first-order chi connectivity index (χ1) is 6.19. The maximum atomic E-state index is 11.4. The number of ether oxygens (including phenoxy) is 1. The van der Waals surface area contributed by atoms with Crippen LogP contribution in [0.1, 0.15) is 12.8 Å². The number of halogens is 1. The van der Waals surface area contributed by atoms with E-state index in [1.54, 1.807) is 4.68 Å². The molecule has 0 radical (unpaired) electrons. The number of methoxy groups -OCH3 is 1. The Labute approximate surface area is 89.4 Å². The predicted molar refractivity (Wildman–Crippen MR) is 54.2 cm³/mol. The molecule has 0 bridgehead atoms. The van der Waals surface area contributed by atoms with Gasteiger partial charge in [0.15, 0.2) is 5.54 Å². The van der Waals surface area contributed by atoms with E-state index in [1.807, 2.05) is 12.3 Å². The molecule has 0 amide bonds. The molecule has 1 aromatic rings. The van der Waals surface area contributed by atoms with Gasteiger partial charge in [-0.25, -0.2) is 4.79 Å². The average molecular weight is 292 g/mol. The highest BCUT2D eigenvalue weighted by molar-refractivity contribution is 14.1. The topological polar surface area (TPSA) is 44.1 Å². The molecule has 1 aliphatic rings. The molecule has 0 unspecified atom stereocenters. The first-order valence-electron chi connectivity index (χ1n) is 3.99. The van der Waals surface area contributed by atoms with Gasteiger partial charge in [-0.2, -0.15) is 5.10 Å². The van der Waals surface area contributed by atoms with Crippen LogP contribution in [0.5, 0.6) is 0 Å². The SMILES string of the molecule is COC(=O)C1(n2ccc(I)n2)CC1. The van der Waals surface area contributed by atoms with Gasteiger partial charge < -0.3 is 4.74 Å². The van der Waals surface area contributed by atoms with Crippen LogP contribution in [0.3, 0.4) is 0 Å². The average Bonchev–Trinajstić information content (AvgIpc) is 2.83. The summed E-state index contributed by atoms with van der Waals surface area (Å²) in [5.74, 6) is -0.188. The zero-order chi connectivity index (χ0) is 9.47. The fourth-order valence-electron chi connectivity index (χ4n) is 1.38. The van der Waals surface area contributed by atoms with Gasteiger partial charge in [0.2, 0.25) is 0 Å². The summed E-state index contributed by atoms with van der Waals surface area (Å²) in [5, 5.41) is 4.22. The molecule has 70 valence electrons. The molecule has 1 heterocycles. The number of aromatic nitrogens is 2. The largest absolute Gasteiger partial charge is 0.467 e.